The van der Waals surface area contributed by atoms with E-state index in [9.17, 15) is 4.79 Å². The Balaban J connectivity index is 3.12. The fraction of sp³-hybridized carbons (Fsp3) is 0.615. The molecule has 0 aromatic carbocycles. The van der Waals surface area contributed by atoms with Gasteiger partial charge in [-0.3, -0.25) is 4.79 Å². The van der Waals surface area contributed by atoms with E-state index in [0.717, 1.165) is 38.5 Å². The van der Waals surface area contributed by atoms with E-state index < -0.39 is 0 Å². The van der Waals surface area contributed by atoms with E-state index in [0.29, 0.717) is 6.42 Å². The van der Waals surface area contributed by atoms with Gasteiger partial charge in [-0.15, -0.1) is 6.42 Å². The van der Waals surface area contributed by atoms with Gasteiger partial charge in [0.15, 0.2) is 0 Å². The number of methoxy groups -OCH3 is 1. The molecule has 0 aliphatic heterocycles. The molecular formula is C13H18O2. The number of hydrogen-bond donors (Lipinski definition) is 0. The fourth-order valence-corrected chi connectivity index (χ4v) is 1.23. The highest BCUT2D eigenvalue weighted by atomic mass is 16.5. The first-order valence-electron chi connectivity index (χ1n) is 5.31. The molecule has 0 unspecified atom stereocenters. The lowest BCUT2D eigenvalue weighted by molar-refractivity contribution is -0.140. The van der Waals surface area contributed by atoms with Crippen LogP contribution in [-0.4, -0.2) is 13.1 Å². The minimum absolute atomic E-state index is 0.116. The lowest BCUT2D eigenvalue weighted by Gasteiger charge is -1.99. The van der Waals surface area contributed by atoms with Crippen LogP contribution in [0.2, 0.25) is 0 Å². The van der Waals surface area contributed by atoms with Crippen LogP contribution in [0.1, 0.15) is 44.9 Å². The zero-order chi connectivity index (χ0) is 11.4. The molecule has 2 nitrogen and oxygen atoms in total. The Labute approximate surface area is 92.4 Å². The largest absolute Gasteiger partial charge is 0.469 e. The van der Waals surface area contributed by atoms with Crippen molar-refractivity contribution in [1.29, 1.82) is 0 Å². The van der Waals surface area contributed by atoms with Crippen LogP contribution in [0, 0.1) is 24.2 Å². The second-order valence-corrected chi connectivity index (χ2v) is 3.29. The van der Waals surface area contributed by atoms with Gasteiger partial charge < -0.3 is 4.74 Å². The smallest absolute Gasteiger partial charge is 0.305 e. The van der Waals surface area contributed by atoms with Crippen LogP contribution in [0.3, 0.4) is 0 Å². The number of ether oxygens (including phenoxy) is 1. The highest BCUT2D eigenvalue weighted by molar-refractivity contribution is 5.68. The number of hydrogen-bond acceptors (Lipinski definition) is 2. The highest BCUT2D eigenvalue weighted by Gasteiger charge is 1.98. The van der Waals surface area contributed by atoms with Crippen molar-refractivity contribution in [3.05, 3.63) is 0 Å². The Bertz CT molecular complexity index is 262. The predicted octanol–water partition coefficient (Wildman–Crippen LogP) is 2.53. The molecule has 0 spiro atoms. The van der Waals surface area contributed by atoms with Crippen LogP contribution in [0.4, 0.5) is 0 Å². The molecule has 0 saturated carbocycles. The fourth-order valence-electron chi connectivity index (χ4n) is 1.23. The lowest BCUT2D eigenvalue weighted by Crippen LogP contribution is -1.99. The van der Waals surface area contributed by atoms with Gasteiger partial charge in [0.25, 0.3) is 0 Å². The quantitative estimate of drug-likeness (QED) is 0.363. The average molecular weight is 206 g/mol. The summed E-state index contributed by atoms with van der Waals surface area (Å²) in [5.74, 6) is 7.65. The number of carbonyl (C=O) groups excluding carboxylic acids is 1. The maximum Gasteiger partial charge on any atom is 0.305 e. The van der Waals surface area contributed by atoms with Crippen LogP contribution < -0.4 is 0 Å². The van der Waals surface area contributed by atoms with E-state index in [2.05, 4.69) is 22.5 Å². The summed E-state index contributed by atoms with van der Waals surface area (Å²) in [4.78, 5) is 10.8. The number of rotatable bonds is 7. The Morgan fingerprint density at radius 3 is 2.53 bits per heavy atom. The first kappa shape index (κ1) is 13.6. The number of unbranched alkanes of at least 4 members (excludes halogenated alkanes) is 5. The van der Waals surface area contributed by atoms with E-state index in [-0.39, 0.29) is 5.97 Å². The molecule has 0 aromatic heterocycles. The predicted molar refractivity (Wildman–Crippen MR) is 60.9 cm³/mol. The Kier molecular flexibility index (Phi) is 9.67. The standard InChI is InChI=1S/C13H18O2/c1-3-4-5-6-7-8-9-10-11-12-13(14)15-2/h1H,6-12H2,2H3. The van der Waals surface area contributed by atoms with Gasteiger partial charge in [-0.05, 0) is 24.7 Å². The Morgan fingerprint density at radius 2 is 1.87 bits per heavy atom. The van der Waals surface area contributed by atoms with Gasteiger partial charge in [-0.1, -0.05) is 25.2 Å². The molecular weight excluding hydrogens is 188 g/mol. The molecule has 0 aromatic rings. The van der Waals surface area contributed by atoms with Gasteiger partial charge in [0.1, 0.15) is 0 Å². The SMILES string of the molecule is C#CC#CCCCCCCCC(=O)OC. The third kappa shape index (κ3) is 10.5. The summed E-state index contributed by atoms with van der Waals surface area (Å²) in [6.07, 6.45) is 11.8. The minimum atomic E-state index is -0.116. The van der Waals surface area contributed by atoms with E-state index in [1.165, 1.54) is 7.11 Å². The first-order valence-corrected chi connectivity index (χ1v) is 5.31. The van der Waals surface area contributed by atoms with Crippen LogP contribution in [0.15, 0.2) is 0 Å². The highest BCUT2D eigenvalue weighted by Crippen LogP contribution is 2.07. The molecule has 0 aliphatic carbocycles. The van der Waals surface area contributed by atoms with Crippen molar-refractivity contribution < 1.29 is 9.53 Å². The molecule has 0 heterocycles. The zero-order valence-electron chi connectivity index (χ0n) is 9.34. The summed E-state index contributed by atoms with van der Waals surface area (Å²) in [6.45, 7) is 0. The van der Waals surface area contributed by atoms with E-state index >= 15 is 0 Å². The summed E-state index contributed by atoms with van der Waals surface area (Å²) in [7, 11) is 1.42. The van der Waals surface area contributed by atoms with Crippen molar-refractivity contribution in [3.63, 3.8) is 0 Å². The minimum Gasteiger partial charge on any atom is -0.469 e. The third-order valence-electron chi connectivity index (χ3n) is 2.07. The summed E-state index contributed by atoms with van der Waals surface area (Å²) in [6, 6.07) is 0. The Hall–Kier alpha value is -1.41. The van der Waals surface area contributed by atoms with E-state index in [4.69, 9.17) is 6.42 Å². The molecule has 0 radical (unpaired) electrons. The molecule has 0 atom stereocenters. The lowest BCUT2D eigenvalue weighted by atomic mass is 10.1. The molecule has 0 fully saturated rings. The zero-order valence-corrected chi connectivity index (χ0v) is 9.34. The van der Waals surface area contributed by atoms with Crippen molar-refractivity contribution in [3.8, 4) is 24.2 Å². The topological polar surface area (TPSA) is 26.3 Å². The van der Waals surface area contributed by atoms with Crippen LogP contribution in [0.25, 0.3) is 0 Å². The molecule has 0 N–H and O–H groups in total. The van der Waals surface area contributed by atoms with Crippen LogP contribution >= 0.6 is 0 Å². The molecule has 0 bridgehead atoms. The number of esters is 1. The van der Waals surface area contributed by atoms with Crippen molar-refractivity contribution in [2.45, 2.75) is 44.9 Å². The second kappa shape index (κ2) is 10.7. The summed E-state index contributed by atoms with van der Waals surface area (Å²) in [5.41, 5.74) is 0. The second-order valence-electron chi connectivity index (χ2n) is 3.29. The first-order chi connectivity index (χ1) is 7.31. The van der Waals surface area contributed by atoms with E-state index in [1.54, 1.807) is 0 Å². The van der Waals surface area contributed by atoms with Crippen LogP contribution in [-0.2, 0) is 9.53 Å². The normalized spacial score (nSPS) is 8.53. The van der Waals surface area contributed by atoms with E-state index in [1.807, 2.05) is 0 Å². The monoisotopic (exact) mass is 206 g/mol. The maximum absolute atomic E-state index is 10.8. The van der Waals surface area contributed by atoms with Gasteiger partial charge in [0, 0.05) is 12.8 Å². The summed E-state index contributed by atoms with van der Waals surface area (Å²) < 4.78 is 4.55. The average Bonchev–Trinajstić information content (AvgIpc) is 2.26. The number of carbonyl (C=O) groups is 1. The Morgan fingerprint density at radius 1 is 1.20 bits per heavy atom. The van der Waals surface area contributed by atoms with Crippen molar-refractivity contribution in [2.75, 3.05) is 7.11 Å². The van der Waals surface area contributed by atoms with Crippen LogP contribution in [0.5, 0.6) is 0 Å². The molecule has 0 amide bonds. The van der Waals surface area contributed by atoms with Gasteiger partial charge >= 0.3 is 5.97 Å². The third-order valence-corrected chi connectivity index (χ3v) is 2.07. The number of terminal acetylenes is 1. The molecule has 0 aliphatic rings. The summed E-state index contributed by atoms with van der Waals surface area (Å²) >= 11 is 0. The van der Waals surface area contributed by atoms with Crippen molar-refractivity contribution in [2.24, 2.45) is 0 Å². The van der Waals surface area contributed by atoms with Gasteiger partial charge in [0.05, 0.1) is 7.11 Å². The van der Waals surface area contributed by atoms with Gasteiger partial charge in [0.2, 0.25) is 0 Å². The van der Waals surface area contributed by atoms with Crippen molar-refractivity contribution in [1.82, 2.24) is 0 Å². The van der Waals surface area contributed by atoms with Gasteiger partial charge in [-0.2, -0.15) is 0 Å². The summed E-state index contributed by atoms with van der Waals surface area (Å²) in [5, 5.41) is 0. The molecule has 2 heteroatoms. The van der Waals surface area contributed by atoms with Gasteiger partial charge in [-0.25, -0.2) is 0 Å². The molecule has 0 rings (SSSR count). The molecule has 0 saturated heterocycles. The molecule has 15 heavy (non-hydrogen) atoms. The maximum atomic E-state index is 10.8. The molecule has 82 valence electrons. The van der Waals surface area contributed by atoms with Crippen molar-refractivity contribution >= 4 is 5.97 Å².